The van der Waals surface area contributed by atoms with Gasteiger partial charge in [0.05, 0.1) is 9.82 Å². The average molecular weight is 504 g/mol. The van der Waals surface area contributed by atoms with Gasteiger partial charge in [0, 0.05) is 22.3 Å². The van der Waals surface area contributed by atoms with E-state index in [9.17, 15) is 23.3 Å². The Kier molecular flexibility index (Phi) is 7.16. The highest BCUT2D eigenvalue weighted by Crippen LogP contribution is 2.19. The fraction of sp³-hybridized carbons (Fsp3) is 0.0952. The molecule has 0 aliphatic carbocycles. The summed E-state index contributed by atoms with van der Waals surface area (Å²) in [7, 11) is -4.00. The number of non-ortho nitro benzene ring substituents is 1. The highest BCUT2D eigenvalue weighted by molar-refractivity contribution is 9.10. The number of anilines is 1. The molecular formula is C21H18BrN3O5S. The van der Waals surface area contributed by atoms with E-state index < -0.39 is 26.9 Å². The molecule has 0 aliphatic rings. The monoisotopic (exact) mass is 503 g/mol. The molecule has 3 aromatic carbocycles. The molecule has 0 fully saturated rings. The van der Waals surface area contributed by atoms with Crippen molar-refractivity contribution in [3.63, 3.8) is 0 Å². The van der Waals surface area contributed by atoms with Crippen molar-refractivity contribution >= 4 is 43.2 Å². The normalized spacial score (nSPS) is 12.2. The summed E-state index contributed by atoms with van der Waals surface area (Å²) in [6.45, 7) is 0. The van der Waals surface area contributed by atoms with Crippen LogP contribution in [0.15, 0.2) is 88.2 Å². The van der Waals surface area contributed by atoms with Gasteiger partial charge in [-0.3, -0.25) is 14.9 Å². The molecule has 8 nitrogen and oxygen atoms in total. The summed E-state index contributed by atoms with van der Waals surface area (Å²) in [5, 5.41) is 13.5. The van der Waals surface area contributed by atoms with E-state index in [1.54, 1.807) is 36.4 Å². The number of amides is 1. The molecule has 31 heavy (non-hydrogen) atoms. The molecule has 0 heterocycles. The third kappa shape index (κ3) is 6.20. The molecule has 0 saturated carbocycles. The average Bonchev–Trinajstić information content (AvgIpc) is 2.74. The largest absolute Gasteiger partial charge is 0.324 e. The number of hydrogen-bond acceptors (Lipinski definition) is 5. The molecule has 3 rings (SSSR count). The Morgan fingerprint density at radius 1 is 1.00 bits per heavy atom. The van der Waals surface area contributed by atoms with Crippen molar-refractivity contribution in [1.82, 2.24) is 4.72 Å². The Morgan fingerprint density at radius 2 is 1.68 bits per heavy atom. The van der Waals surface area contributed by atoms with Crippen LogP contribution in [-0.2, 0) is 21.2 Å². The van der Waals surface area contributed by atoms with Gasteiger partial charge >= 0.3 is 0 Å². The second-order valence-electron chi connectivity index (χ2n) is 6.61. The van der Waals surface area contributed by atoms with Gasteiger partial charge in [0.15, 0.2) is 0 Å². The second-order valence-corrected chi connectivity index (χ2v) is 9.24. The first kappa shape index (κ1) is 22.6. The van der Waals surface area contributed by atoms with Crippen LogP contribution in [0.3, 0.4) is 0 Å². The molecule has 0 spiro atoms. The molecule has 0 aliphatic heterocycles. The van der Waals surface area contributed by atoms with Crippen molar-refractivity contribution in [3.05, 3.63) is 99.0 Å². The Balaban J connectivity index is 1.86. The van der Waals surface area contributed by atoms with Gasteiger partial charge < -0.3 is 5.32 Å². The molecule has 160 valence electrons. The first-order chi connectivity index (χ1) is 14.7. The molecule has 0 unspecified atom stereocenters. The van der Waals surface area contributed by atoms with Crippen LogP contribution < -0.4 is 10.0 Å². The van der Waals surface area contributed by atoms with Gasteiger partial charge in [-0.1, -0.05) is 52.3 Å². The maximum absolute atomic E-state index is 12.9. The van der Waals surface area contributed by atoms with Crippen LogP contribution >= 0.6 is 15.9 Å². The number of nitrogens with one attached hydrogen (secondary N) is 2. The molecule has 0 aromatic heterocycles. The van der Waals surface area contributed by atoms with Crippen LogP contribution in [0.1, 0.15) is 5.56 Å². The lowest BCUT2D eigenvalue weighted by molar-refractivity contribution is -0.384. The van der Waals surface area contributed by atoms with Crippen molar-refractivity contribution in [2.24, 2.45) is 0 Å². The van der Waals surface area contributed by atoms with Gasteiger partial charge in [0.1, 0.15) is 6.04 Å². The number of hydrogen-bond donors (Lipinski definition) is 2. The first-order valence-electron chi connectivity index (χ1n) is 9.12. The summed E-state index contributed by atoms with van der Waals surface area (Å²) in [5.41, 5.74) is 0.758. The molecule has 0 saturated heterocycles. The third-order valence-corrected chi connectivity index (χ3v) is 6.36. The van der Waals surface area contributed by atoms with E-state index in [2.05, 4.69) is 26.0 Å². The van der Waals surface area contributed by atoms with E-state index >= 15 is 0 Å². The van der Waals surface area contributed by atoms with E-state index in [0.717, 1.165) is 10.0 Å². The van der Waals surface area contributed by atoms with Crippen LogP contribution in [-0.4, -0.2) is 25.3 Å². The zero-order valence-electron chi connectivity index (χ0n) is 16.1. The molecule has 0 bridgehead atoms. The summed E-state index contributed by atoms with van der Waals surface area (Å²) < 4.78 is 28.9. The second kappa shape index (κ2) is 9.82. The zero-order chi connectivity index (χ0) is 22.4. The van der Waals surface area contributed by atoms with Crippen molar-refractivity contribution in [1.29, 1.82) is 0 Å². The number of carbonyl (C=O) groups is 1. The minimum absolute atomic E-state index is 0.0110. The fourth-order valence-electron chi connectivity index (χ4n) is 2.83. The smallest absolute Gasteiger partial charge is 0.271 e. The molecular weight excluding hydrogens is 486 g/mol. The molecule has 1 atom stereocenters. The van der Waals surface area contributed by atoms with Crippen LogP contribution in [0.2, 0.25) is 0 Å². The molecule has 1 amide bonds. The predicted octanol–water partition coefficient (Wildman–Crippen LogP) is 3.89. The lowest BCUT2D eigenvalue weighted by atomic mass is 10.1. The number of nitrogens with zero attached hydrogens (tertiary/aromatic N) is 1. The molecule has 0 radical (unpaired) electrons. The highest BCUT2D eigenvalue weighted by atomic mass is 79.9. The Labute approximate surface area is 187 Å². The minimum atomic E-state index is -4.00. The summed E-state index contributed by atoms with van der Waals surface area (Å²) in [4.78, 5) is 23.4. The lowest BCUT2D eigenvalue weighted by Crippen LogP contribution is -2.45. The van der Waals surface area contributed by atoms with E-state index in [1.165, 1.54) is 36.4 Å². The van der Waals surface area contributed by atoms with E-state index in [1.807, 2.05) is 6.07 Å². The maximum atomic E-state index is 12.9. The minimum Gasteiger partial charge on any atom is -0.324 e. The summed E-state index contributed by atoms with van der Waals surface area (Å²) >= 11 is 3.26. The van der Waals surface area contributed by atoms with E-state index in [-0.39, 0.29) is 22.7 Å². The predicted molar refractivity (Wildman–Crippen MR) is 120 cm³/mol. The fourth-order valence-corrected chi connectivity index (χ4v) is 4.29. The number of sulfonamides is 1. The Hall–Kier alpha value is -3.08. The van der Waals surface area contributed by atoms with Crippen LogP contribution in [0.25, 0.3) is 0 Å². The number of nitro groups is 1. The van der Waals surface area contributed by atoms with Crippen molar-refractivity contribution in [3.8, 4) is 0 Å². The van der Waals surface area contributed by atoms with Crippen molar-refractivity contribution in [2.75, 3.05) is 5.32 Å². The maximum Gasteiger partial charge on any atom is 0.271 e. The zero-order valence-corrected chi connectivity index (χ0v) is 18.5. The Morgan fingerprint density at radius 3 is 2.32 bits per heavy atom. The number of halogens is 1. The summed E-state index contributed by atoms with van der Waals surface area (Å²) in [6.07, 6.45) is 0.0946. The first-order valence-corrected chi connectivity index (χ1v) is 11.4. The molecule has 2 N–H and O–H groups in total. The topological polar surface area (TPSA) is 118 Å². The van der Waals surface area contributed by atoms with Crippen molar-refractivity contribution < 1.29 is 18.1 Å². The van der Waals surface area contributed by atoms with Gasteiger partial charge in [0.2, 0.25) is 15.9 Å². The number of carbonyl (C=O) groups excluding carboxylic acids is 1. The van der Waals surface area contributed by atoms with Gasteiger partial charge in [-0.15, -0.1) is 0 Å². The van der Waals surface area contributed by atoms with Crippen molar-refractivity contribution in [2.45, 2.75) is 17.4 Å². The number of nitro benzene ring substituents is 1. The van der Waals surface area contributed by atoms with Gasteiger partial charge in [-0.25, -0.2) is 8.42 Å². The molecule has 3 aromatic rings. The number of rotatable bonds is 8. The van der Waals surface area contributed by atoms with Crippen LogP contribution in [0.4, 0.5) is 11.4 Å². The SMILES string of the molecule is O=C(Nc1cccc([N+](=O)[O-])c1)[C@@H](Cc1ccccc1)NS(=O)(=O)c1ccc(Br)cc1. The third-order valence-electron chi connectivity index (χ3n) is 4.34. The Bertz CT molecular complexity index is 1190. The van der Waals surface area contributed by atoms with Gasteiger partial charge in [-0.05, 0) is 42.3 Å². The van der Waals surface area contributed by atoms with Crippen LogP contribution in [0.5, 0.6) is 0 Å². The van der Waals surface area contributed by atoms with E-state index in [0.29, 0.717) is 0 Å². The van der Waals surface area contributed by atoms with Gasteiger partial charge in [-0.2, -0.15) is 4.72 Å². The quantitative estimate of drug-likeness (QED) is 0.357. The summed E-state index contributed by atoms with van der Waals surface area (Å²) in [6, 6.07) is 19.3. The highest BCUT2D eigenvalue weighted by Gasteiger charge is 2.26. The lowest BCUT2D eigenvalue weighted by Gasteiger charge is -2.19. The molecule has 10 heteroatoms. The van der Waals surface area contributed by atoms with E-state index in [4.69, 9.17) is 0 Å². The summed E-state index contributed by atoms with van der Waals surface area (Å²) in [5.74, 6) is -0.634. The standard InChI is InChI=1S/C21H18BrN3O5S/c22-16-9-11-19(12-10-16)31(29,30)24-20(13-15-5-2-1-3-6-15)21(26)23-17-7-4-8-18(14-17)25(27)28/h1-12,14,20,24H,13H2,(H,23,26)/t20-/m1/s1. The van der Waals surface area contributed by atoms with Crippen LogP contribution in [0, 0.1) is 10.1 Å². The number of benzene rings is 3. The van der Waals surface area contributed by atoms with Gasteiger partial charge in [0.25, 0.3) is 5.69 Å².